The number of furan rings is 1. The first-order valence-corrected chi connectivity index (χ1v) is 9.31. The lowest BCUT2D eigenvalue weighted by Gasteiger charge is -2.22. The van der Waals surface area contributed by atoms with E-state index in [1.807, 2.05) is 13.0 Å². The molecular weight excluding hydrogens is 389 g/mol. The molecule has 0 fully saturated rings. The SMILES string of the molecule is Cc1nn(-c2ccc(=O)[nH]n2)c2c1C(c1ccc(-c3ccc(F)cc3)o1)CC(=O)N2. The van der Waals surface area contributed by atoms with Crippen molar-refractivity contribution in [3.63, 3.8) is 0 Å². The summed E-state index contributed by atoms with van der Waals surface area (Å²) < 4.78 is 20.7. The van der Waals surface area contributed by atoms with Gasteiger partial charge in [-0.1, -0.05) is 0 Å². The van der Waals surface area contributed by atoms with Gasteiger partial charge in [-0.2, -0.15) is 14.9 Å². The number of aryl methyl sites for hydroxylation is 1. The van der Waals surface area contributed by atoms with Crippen LogP contribution in [0, 0.1) is 12.7 Å². The van der Waals surface area contributed by atoms with E-state index < -0.39 is 0 Å². The molecule has 3 aromatic heterocycles. The molecule has 2 N–H and O–H groups in total. The van der Waals surface area contributed by atoms with Gasteiger partial charge in [-0.05, 0) is 49.4 Å². The fraction of sp³-hybridized carbons (Fsp3) is 0.143. The van der Waals surface area contributed by atoms with E-state index in [1.54, 1.807) is 18.2 Å². The number of rotatable bonds is 3. The summed E-state index contributed by atoms with van der Waals surface area (Å²) in [7, 11) is 0. The first-order valence-electron chi connectivity index (χ1n) is 9.31. The zero-order chi connectivity index (χ0) is 20.8. The van der Waals surface area contributed by atoms with Crippen molar-refractivity contribution in [1.29, 1.82) is 0 Å². The number of hydrogen-bond acceptors (Lipinski definition) is 5. The predicted octanol–water partition coefficient (Wildman–Crippen LogP) is 3.14. The Balaban J connectivity index is 1.58. The van der Waals surface area contributed by atoms with Crippen LogP contribution in [-0.2, 0) is 4.79 Å². The maximum Gasteiger partial charge on any atom is 0.264 e. The summed E-state index contributed by atoms with van der Waals surface area (Å²) in [6.45, 7) is 1.84. The van der Waals surface area contributed by atoms with Crippen LogP contribution in [0.1, 0.15) is 29.4 Å². The van der Waals surface area contributed by atoms with Crippen LogP contribution in [0.3, 0.4) is 0 Å². The molecule has 1 atom stereocenters. The number of benzene rings is 1. The number of carbonyl (C=O) groups excluding carboxylic acids is 1. The van der Waals surface area contributed by atoms with Gasteiger partial charge in [-0.25, -0.2) is 9.49 Å². The molecule has 8 nitrogen and oxygen atoms in total. The quantitative estimate of drug-likeness (QED) is 0.545. The van der Waals surface area contributed by atoms with Crippen molar-refractivity contribution < 1.29 is 13.6 Å². The molecule has 1 aromatic carbocycles. The summed E-state index contributed by atoms with van der Waals surface area (Å²) in [5.41, 5.74) is 1.95. The number of H-pyrrole nitrogens is 1. The van der Waals surface area contributed by atoms with Crippen LogP contribution >= 0.6 is 0 Å². The third-order valence-corrected chi connectivity index (χ3v) is 5.08. The Morgan fingerprint density at radius 3 is 2.63 bits per heavy atom. The highest BCUT2D eigenvalue weighted by Crippen LogP contribution is 2.41. The molecule has 1 aliphatic heterocycles. The van der Waals surface area contributed by atoms with Crippen LogP contribution in [0.5, 0.6) is 0 Å². The van der Waals surface area contributed by atoms with E-state index in [2.05, 4.69) is 20.6 Å². The standard InChI is InChI=1S/C21H16FN5O3/c1-11-20-14(16-7-6-15(30-16)12-2-4-13(22)5-3-12)10-19(29)23-21(20)27(26-11)17-8-9-18(28)25-24-17/h2-9,14H,10H2,1H3,(H,23,29)(H,25,28). The van der Waals surface area contributed by atoms with Gasteiger partial charge in [0.25, 0.3) is 5.56 Å². The Labute approximate surface area is 169 Å². The minimum atomic E-state index is -0.334. The molecule has 0 saturated heterocycles. The maximum atomic E-state index is 13.2. The average molecular weight is 405 g/mol. The largest absolute Gasteiger partial charge is 0.460 e. The van der Waals surface area contributed by atoms with Gasteiger partial charge in [0.2, 0.25) is 5.91 Å². The van der Waals surface area contributed by atoms with Gasteiger partial charge < -0.3 is 9.73 Å². The van der Waals surface area contributed by atoms with Gasteiger partial charge in [0.1, 0.15) is 23.2 Å². The number of halogens is 1. The number of hydrogen-bond donors (Lipinski definition) is 2. The molecule has 150 valence electrons. The molecule has 0 radical (unpaired) electrons. The molecule has 30 heavy (non-hydrogen) atoms. The van der Waals surface area contributed by atoms with Crippen LogP contribution in [0.25, 0.3) is 17.1 Å². The van der Waals surface area contributed by atoms with Crippen molar-refractivity contribution in [2.45, 2.75) is 19.3 Å². The molecule has 1 aliphatic rings. The summed E-state index contributed by atoms with van der Waals surface area (Å²) >= 11 is 0. The molecule has 0 saturated carbocycles. The number of aromatic nitrogens is 4. The summed E-state index contributed by atoms with van der Waals surface area (Å²) in [5.74, 6) is 1.24. The van der Waals surface area contributed by atoms with E-state index in [4.69, 9.17) is 4.42 Å². The molecule has 1 amide bonds. The highest BCUT2D eigenvalue weighted by Gasteiger charge is 2.34. The lowest BCUT2D eigenvalue weighted by molar-refractivity contribution is -0.116. The van der Waals surface area contributed by atoms with Gasteiger partial charge in [-0.15, -0.1) is 0 Å². The highest BCUT2D eigenvalue weighted by molar-refractivity contribution is 5.94. The van der Waals surface area contributed by atoms with E-state index in [-0.39, 0.29) is 29.6 Å². The van der Waals surface area contributed by atoms with Gasteiger partial charge >= 0.3 is 0 Å². The van der Waals surface area contributed by atoms with Crippen molar-refractivity contribution in [2.24, 2.45) is 0 Å². The van der Waals surface area contributed by atoms with Crippen LogP contribution in [0.4, 0.5) is 10.2 Å². The molecular formula is C21H16FN5O3. The number of nitrogens with zero attached hydrogens (tertiary/aromatic N) is 3. The first kappa shape index (κ1) is 18.0. The van der Waals surface area contributed by atoms with E-state index in [0.717, 1.165) is 11.1 Å². The van der Waals surface area contributed by atoms with Crippen LogP contribution < -0.4 is 10.9 Å². The Kier molecular flexibility index (Phi) is 4.09. The van der Waals surface area contributed by atoms with Crippen molar-refractivity contribution >= 4 is 11.7 Å². The summed E-state index contributed by atoms with van der Waals surface area (Å²) in [6, 6.07) is 12.5. The number of nitrogens with one attached hydrogen (secondary N) is 2. The zero-order valence-electron chi connectivity index (χ0n) is 15.8. The van der Waals surface area contributed by atoms with Crippen molar-refractivity contribution in [3.05, 3.63) is 81.7 Å². The Hall–Kier alpha value is -4.01. The smallest absolute Gasteiger partial charge is 0.264 e. The Morgan fingerprint density at radius 2 is 1.90 bits per heavy atom. The minimum Gasteiger partial charge on any atom is -0.460 e. The number of anilines is 1. The molecule has 1 unspecified atom stereocenters. The zero-order valence-corrected chi connectivity index (χ0v) is 15.8. The lowest BCUT2D eigenvalue weighted by Crippen LogP contribution is -2.25. The van der Waals surface area contributed by atoms with E-state index >= 15 is 0 Å². The van der Waals surface area contributed by atoms with Crippen LogP contribution in [0.15, 0.2) is 57.7 Å². The Bertz CT molecular complexity index is 1300. The summed E-state index contributed by atoms with van der Waals surface area (Å²) in [4.78, 5) is 23.8. The minimum absolute atomic E-state index is 0.183. The second-order valence-electron chi connectivity index (χ2n) is 7.05. The second-order valence-corrected chi connectivity index (χ2v) is 7.05. The third-order valence-electron chi connectivity index (χ3n) is 5.08. The van der Waals surface area contributed by atoms with Gasteiger partial charge in [-0.3, -0.25) is 9.59 Å². The summed E-state index contributed by atoms with van der Waals surface area (Å²) in [6.07, 6.45) is 0.203. The number of carbonyl (C=O) groups is 1. The monoisotopic (exact) mass is 405 g/mol. The molecule has 0 bridgehead atoms. The molecule has 0 spiro atoms. The van der Waals surface area contributed by atoms with E-state index in [1.165, 1.54) is 28.9 Å². The Morgan fingerprint density at radius 1 is 1.10 bits per heavy atom. The average Bonchev–Trinajstić information content (AvgIpc) is 3.34. The first-order chi connectivity index (χ1) is 14.5. The summed E-state index contributed by atoms with van der Waals surface area (Å²) in [5, 5.41) is 13.7. The van der Waals surface area contributed by atoms with Crippen molar-refractivity contribution in [3.8, 4) is 17.1 Å². The lowest BCUT2D eigenvalue weighted by atomic mass is 9.90. The topological polar surface area (TPSA) is 106 Å². The second kappa shape index (κ2) is 6.80. The predicted molar refractivity (Wildman–Crippen MR) is 106 cm³/mol. The van der Waals surface area contributed by atoms with E-state index in [9.17, 15) is 14.0 Å². The fourth-order valence-corrected chi connectivity index (χ4v) is 3.72. The number of aromatic amines is 1. The van der Waals surface area contributed by atoms with Crippen molar-refractivity contribution in [2.75, 3.05) is 5.32 Å². The fourth-order valence-electron chi connectivity index (χ4n) is 3.72. The molecule has 4 aromatic rings. The van der Waals surface area contributed by atoms with Gasteiger partial charge in [0.05, 0.1) is 11.6 Å². The molecule has 9 heteroatoms. The highest BCUT2D eigenvalue weighted by atomic mass is 19.1. The molecule has 4 heterocycles. The number of amides is 1. The maximum absolute atomic E-state index is 13.2. The number of fused-ring (bicyclic) bond motifs is 1. The van der Waals surface area contributed by atoms with Crippen LogP contribution in [-0.4, -0.2) is 25.9 Å². The normalized spacial score (nSPS) is 15.7. The van der Waals surface area contributed by atoms with Crippen LogP contribution in [0.2, 0.25) is 0 Å². The molecule has 0 aliphatic carbocycles. The molecule has 5 rings (SSSR count). The van der Waals surface area contributed by atoms with Crippen molar-refractivity contribution in [1.82, 2.24) is 20.0 Å². The van der Waals surface area contributed by atoms with Gasteiger partial charge in [0, 0.05) is 23.6 Å². The van der Waals surface area contributed by atoms with E-state index in [0.29, 0.717) is 28.9 Å². The van der Waals surface area contributed by atoms with Gasteiger partial charge in [0.15, 0.2) is 5.82 Å². The third kappa shape index (κ3) is 3.00.